The van der Waals surface area contributed by atoms with Crippen molar-refractivity contribution in [1.29, 1.82) is 0 Å². The zero-order chi connectivity index (χ0) is 21.9. The molecule has 4 rings (SSSR count). The summed E-state index contributed by atoms with van der Waals surface area (Å²) in [5.41, 5.74) is 1.39. The SMILES string of the molecule is O=S(=O)(Nc1cccc(S(=O)(=O)N2CCOCC2)c1)c1ccc(C2CCCCC2)cc1. The van der Waals surface area contributed by atoms with E-state index in [0.29, 0.717) is 19.1 Å². The summed E-state index contributed by atoms with van der Waals surface area (Å²) in [6.45, 7) is 1.27. The van der Waals surface area contributed by atoms with Gasteiger partial charge in [-0.05, 0) is 54.7 Å². The Morgan fingerprint density at radius 1 is 0.839 bits per heavy atom. The molecule has 7 nitrogen and oxygen atoms in total. The number of hydrogen-bond acceptors (Lipinski definition) is 5. The minimum atomic E-state index is -3.83. The Bertz CT molecular complexity index is 1100. The Labute approximate surface area is 184 Å². The summed E-state index contributed by atoms with van der Waals surface area (Å²) in [7, 11) is -7.53. The molecule has 1 heterocycles. The zero-order valence-corrected chi connectivity index (χ0v) is 19.0. The second kappa shape index (κ2) is 9.28. The normalized spacial score (nSPS) is 19.2. The molecule has 0 atom stereocenters. The number of morpholine rings is 1. The van der Waals surface area contributed by atoms with Crippen LogP contribution >= 0.6 is 0 Å². The van der Waals surface area contributed by atoms with Crippen LogP contribution in [0, 0.1) is 0 Å². The van der Waals surface area contributed by atoms with Crippen LogP contribution in [0.3, 0.4) is 0 Å². The number of anilines is 1. The molecule has 1 aliphatic heterocycles. The van der Waals surface area contributed by atoms with Gasteiger partial charge in [-0.15, -0.1) is 0 Å². The number of benzene rings is 2. The van der Waals surface area contributed by atoms with Gasteiger partial charge in [0, 0.05) is 13.1 Å². The summed E-state index contributed by atoms with van der Waals surface area (Å²) < 4.78 is 60.5. The number of nitrogens with zero attached hydrogens (tertiary/aromatic N) is 1. The number of hydrogen-bond donors (Lipinski definition) is 1. The van der Waals surface area contributed by atoms with Crippen molar-refractivity contribution < 1.29 is 21.6 Å². The molecule has 0 aromatic heterocycles. The van der Waals surface area contributed by atoms with Crippen LogP contribution in [-0.4, -0.2) is 47.4 Å². The summed E-state index contributed by atoms with van der Waals surface area (Å²) in [5.74, 6) is 0.500. The van der Waals surface area contributed by atoms with Gasteiger partial charge in [0.15, 0.2) is 0 Å². The van der Waals surface area contributed by atoms with Gasteiger partial charge in [0.2, 0.25) is 10.0 Å². The van der Waals surface area contributed by atoms with Crippen molar-refractivity contribution in [2.24, 2.45) is 0 Å². The van der Waals surface area contributed by atoms with E-state index in [0.717, 1.165) is 12.8 Å². The second-order valence-electron chi connectivity index (χ2n) is 8.05. The Morgan fingerprint density at radius 2 is 1.52 bits per heavy atom. The maximum atomic E-state index is 12.9. The molecule has 1 N–H and O–H groups in total. The van der Waals surface area contributed by atoms with Crippen molar-refractivity contribution in [1.82, 2.24) is 4.31 Å². The fourth-order valence-electron chi connectivity index (χ4n) is 4.23. The molecule has 0 amide bonds. The Kier molecular flexibility index (Phi) is 6.66. The molecule has 2 aromatic rings. The molecule has 0 radical (unpaired) electrons. The molecule has 2 fully saturated rings. The molecular formula is C22H28N2O5S2. The quantitative estimate of drug-likeness (QED) is 0.706. The standard InChI is InChI=1S/C22H28N2O5S2/c25-30(26,21-11-9-19(10-12-21)18-5-2-1-3-6-18)23-20-7-4-8-22(17-20)31(27,28)24-13-15-29-16-14-24/h4,7-12,17-18,23H,1-3,5-6,13-16H2. The van der Waals surface area contributed by atoms with Crippen LogP contribution in [-0.2, 0) is 24.8 Å². The van der Waals surface area contributed by atoms with Crippen LogP contribution in [0.5, 0.6) is 0 Å². The summed E-state index contributed by atoms with van der Waals surface area (Å²) >= 11 is 0. The van der Waals surface area contributed by atoms with Crippen LogP contribution in [0.2, 0.25) is 0 Å². The maximum Gasteiger partial charge on any atom is 0.261 e. The lowest BCUT2D eigenvalue weighted by Crippen LogP contribution is -2.40. The third-order valence-corrected chi connectivity index (χ3v) is 9.25. The Balaban J connectivity index is 1.51. The molecule has 2 aromatic carbocycles. The minimum Gasteiger partial charge on any atom is -0.379 e. The molecule has 0 unspecified atom stereocenters. The van der Waals surface area contributed by atoms with E-state index in [1.54, 1.807) is 18.2 Å². The van der Waals surface area contributed by atoms with Crippen molar-refractivity contribution in [3.05, 3.63) is 54.1 Å². The van der Waals surface area contributed by atoms with Crippen molar-refractivity contribution in [3.63, 3.8) is 0 Å². The molecule has 2 aliphatic rings. The topological polar surface area (TPSA) is 92.8 Å². The van der Waals surface area contributed by atoms with E-state index in [4.69, 9.17) is 4.74 Å². The van der Waals surface area contributed by atoms with E-state index >= 15 is 0 Å². The molecule has 1 saturated heterocycles. The number of ether oxygens (including phenoxy) is 1. The first-order valence-electron chi connectivity index (χ1n) is 10.7. The fourth-order valence-corrected chi connectivity index (χ4v) is 6.73. The maximum absolute atomic E-state index is 12.9. The lowest BCUT2D eigenvalue weighted by molar-refractivity contribution is 0.0730. The first-order valence-corrected chi connectivity index (χ1v) is 13.6. The van der Waals surface area contributed by atoms with Gasteiger partial charge < -0.3 is 4.74 Å². The molecular weight excluding hydrogens is 436 g/mol. The molecule has 1 saturated carbocycles. The Morgan fingerprint density at radius 3 is 2.19 bits per heavy atom. The van der Waals surface area contributed by atoms with E-state index in [2.05, 4.69) is 4.72 Å². The fraction of sp³-hybridized carbons (Fsp3) is 0.455. The van der Waals surface area contributed by atoms with Gasteiger partial charge in [-0.3, -0.25) is 4.72 Å². The Hall–Kier alpha value is -1.94. The molecule has 9 heteroatoms. The highest BCUT2D eigenvalue weighted by Crippen LogP contribution is 2.33. The predicted molar refractivity (Wildman–Crippen MR) is 119 cm³/mol. The smallest absolute Gasteiger partial charge is 0.261 e. The largest absolute Gasteiger partial charge is 0.379 e. The van der Waals surface area contributed by atoms with E-state index in [-0.39, 0.29) is 28.6 Å². The monoisotopic (exact) mass is 464 g/mol. The van der Waals surface area contributed by atoms with Crippen LogP contribution in [0.25, 0.3) is 0 Å². The van der Waals surface area contributed by atoms with Crippen LogP contribution in [0.15, 0.2) is 58.3 Å². The van der Waals surface area contributed by atoms with E-state index in [1.165, 1.54) is 47.3 Å². The van der Waals surface area contributed by atoms with Crippen LogP contribution in [0.4, 0.5) is 5.69 Å². The van der Waals surface area contributed by atoms with Gasteiger partial charge in [0.05, 0.1) is 28.7 Å². The third kappa shape index (κ3) is 5.11. The summed E-state index contributed by atoms with van der Waals surface area (Å²) in [5, 5.41) is 0. The van der Waals surface area contributed by atoms with Crippen LogP contribution in [0.1, 0.15) is 43.6 Å². The summed E-state index contributed by atoms with van der Waals surface area (Å²) in [6, 6.07) is 13.0. The lowest BCUT2D eigenvalue weighted by Gasteiger charge is -2.26. The number of rotatable bonds is 6. The summed E-state index contributed by atoms with van der Waals surface area (Å²) in [4.78, 5) is 0.218. The average molecular weight is 465 g/mol. The minimum absolute atomic E-state index is 0.0576. The molecule has 0 bridgehead atoms. The molecule has 0 spiro atoms. The highest BCUT2D eigenvalue weighted by atomic mass is 32.2. The highest BCUT2D eigenvalue weighted by molar-refractivity contribution is 7.92. The zero-order valence-electron chi connectivity index (χ0n) is 17.4. The predicted octanol–water partition coefficient (Wildman–Crippen LogP) is 3.56. The molecule has 31 heavy (non-hydrogen) atoms. The van der Waals surface area contributed by atoms with Crippen molar-refractivity contribution in [2.45, 2.75) is 47.8 Å². The van der Waals surface area contributed by atoms with Crippen molar-refractivity contribution in [3.8, 4) is 0 Å². The van der Waals surface area contributed by atoms with Gasteiger partial charge in [0.25, 0.3) is 10.0 Å². The van der Waals surface area contributed by atoms with Gasteiger partial charge in [-0.1, -0.05) is 37.5 Å². The first kappa shape index (κ1) is 22.3. The van der Waals surface area contributed by atoms with Crippen molar-refractivity contribution in [2.75, 3.05) is 31.0 Å². The van der Waals surface area contributed by atoms with E-state index in [9.17, 15) is 16.8 Å². The van der Waals surface area contributed by atoms with Gasteiger partial charge in [-0.2, -0.15) is 4.31 Å². The van der Waals surface area contributed by atoms with E-state index in [1.807, 2.05) is 12.1 Å². The molecule has 168 valence electrons. The second-order valence-corrected chi connectivity index (χ2v) is 11.7. The molecule has 1 aliphatic carbocycles. The highest BCUT2D eigenvalue weighted by Gasteiger charge is 2.27. The number of sulfonamides is 2. The van der Waals surface area contributed by atoms with Gasteiger partial charge in [-0.25, -0.2) is 16.8 Å². The van der Waals surface area contributed by atoms with E-state index < -0.39 is 20.0 Å². The van der Waals surface area contributed by atoms with Gasteiger partial charge >= 0.3 is 0 Å². The number of nitrogens with one attached hydrogen (secondary N) is 1. The summed E-state index contributed by atoms with van der Waals surface area (Å²) in [6.07, 6.45) is 6.00. The first-order chi connectivity index (χ1) is 14.9. The van der Waals surface area contributed by atoms with Crippen LogP contribution < -0.4 is 4.72 Å². The lowest BCUT2D eigenvalue weighted by atomic mass is 9.84. The third-order valence-electron chi connectivity index (χ3n) is 5.96. The average Bonchev–Trinajstić information content (AvgIpc) is 2.80. The van der Waals surface area contributed by atoms with Gasteiger partial charge in [0.1, 0.15) is 0 Å². The van der Waals surface area contributed by atoms with Crippen molar-refractivity contribution >= 4 is 25.7 Å².